The molecule has 7 rings (SSSR count). The standard InChI is InChI=1S/C35H50O3/c1-22(6-4-8-33(38)35-19-25-14-26(20-35)16-27(15-25)21-35)29-11-12-30-28(7-5-13-34(29,30)3)10-9-24-17-31(36)23(2)32(37)18-24/h9-10,22,25-27,29-33,36-38H,2,5-7,11-21H2,1,3H3/b24-9?,28-10+. The fourth-order valence-corrected chi connectivity index (χ4v) is 10.8. The monoisotopic (exact) mass is 518 g/mol. The lowest BCUT2D eigenvalue weighted by molar-refractivity contribution is -0.101. The summed E-state index contributed by atoms with van der Waals surface area (Å²) in [5.74, 6) is 11.3. The van der Waals surface area contributed by atoms with Crippen LogP contribution >= 0.6 is 0 Å². The molecule has 208 valence electrons. The summed E-state index contributed by atoms with van der Waals surface area (Å²) in [5, 5.41) is 31.7. The van der Waals surface area contributed by atoms with Gasteiger partial charge in [-0.3, -0.25) is 0 Å². The van der Waals surface area contributed by atoms with Crippen molar-refractivity contribution in [2.24, 2.45) is 46.3 Å². The second kappa shape index (κ2) is 10.2. The third-order valence-corrected chi connectivity index (χ3v) is 12.4. The third-order valence-electron chi connectivity index (χ3n) is 12.4. The molecule has 4 bridgehead atoms. The van der Waals surface area contributed by atoms with Crippen molar-refractivity contribution in [1.82, 2.24) is 0 Å². The van der Waals surface area contributed by atoms with E-state index in [9.17, 15) is 15.3 Å². The van der Waals surface area contributed by atoms with Gasteiger partial charge in [0.15, 0.2) is 0 Å². The highest BCUT2D eigenvalue weighted by Crippen LogP contribution is 2.62. The van der Waals surface area contributed by atoms with Crippen LogP contribution in [0, 0.1) is 58.2 Å². The summed E-state index contributed by atoms with van der Waals surface area (Å²) < 4.78 is 0. The summed E-state index contributed by atoms with van der Waals surface area (Å²) in [5.41, 5.74) is 3.68. The molecule has 0 aromatic rings. The van der Waals surface area contributed by atoms with Crippen molar-refractivity contribution in [3.05, 3.63) is 35.5 Å². The Morgan fingerprint density at radius 2 is 1.63 bits per heavy atom. The van der Waals surface area contributed by atoms with Crippen LogP contribution in [0.25, 0.3) is 0 Å². The lowest BCUT2D eigenvalue weighted by Crippen LogP contribution is -2.51. The molecule has 7 unspecified atom stereocenters. The molecule has 3 N–H and O–H groups in total. The molecule has 0 heterocycles. The first-order chi connectivity index (χ1) is 18.2. The second-order valence-corrected chi connectivity index (χ2v) is 14.9. The van der Waals surface area contributed by atoms with Gasteiger partial charge in [0.25, 0.3) is 0 Å². The van der Waals surface area contributed by atoms with E-state index in [1.165, 1.54) is 70.6 Å². The number of fused-ring (bicyclic) bond motifs is 1. The Balaban J connectivity index is 1.10. The minimum Gasteiger partial charge on any atom is -0.388 e. The van der Waals surface area contributed by atoms with Gasteiger partial charge in [-0.05, 0) is 130 Å². The van der Waals surface area contributed by atoms with Crippen molar-refractivity contribution in [3.63, 3.8) is 0 Å². The minimum atomic E-state index is -0.626. The predicted molar refractivity (Wildman–Crippen MR) is 153 cm³/mol. The number of hydrogen-bond donors (Lipinski definition) is 3. The molecule has 7 aliphatic rings. The molecule has 0 amide bonds. The van der Waals surface area contributed by atoms with Crippen LogP contribution in [-0.4, -0.2) is 33.6 Å². The molecular weight excluding hydrogens is 468 g/mol. The zero-order chi connectivity index (χ0) is 26.7. The van der Waals surface area contributed by atoms with E-state index in [0.29, 0.717) is 41.6 Å². The van der Waals surface area contributed by atoms with Gasteiger partial charge in [0, 0.05) is 11.8 Å². The molecule has 3 heteroatoms. The van der Waals surface area contributed by atoms with E-state index in [0.717, 1.165) is 29.7 Å². The summed E-state index contributed by atoms with van der Waals surface area (Å²) in [4.78, 5) is 0. The number of hydrogen-bond acceptors (Lipinski definition) is 3. The molecule has 0 spiro atoms. The van der Waals surface area contributed by atoms with Gasteiger partial charge >= 0.3 is 0 Å². The molecule has 3 nitrogen and oxygen atoms in total. The average Bonchev–Trinajstić information content (AvgIpc) is 3.22. The Morgan fingerprint density at radius 3 is 2.26 bits per heavy atom. The van der Waals surface area contributed by atoms with Gasteiger partial charge in [-0.15, -0.1) is 5.92 Å². The predicted octanol–water partition coefficient (Wildman–Crippen LogP) is 6.73. The molecule has 0 saturated heterocycles. The number of rotatable bonds is 4. The number of aliphatic hydroxyl groups excluding tert-OH is 3. The first kappa shape index (κ1) is 26.9. The maximum Gasteiger partial charge on any atom is 0.120 e. The lowest BCUT2D eigenvalue weighted by Gasteiger charge is -2.57. The summed E-state index contributed by atoms with van der Waals surface area (Å²) >= 11 is 0. The van der Waals surface area contributed by atoms with E-state index in [2.05, 4.69) is 44.4 Å². The number of allylic oxidation sites excluding steroid dienone is 3. The van der Waals surface area contributed by atoms with E-state index < -0.39 is 18.3 Å². The van der Waals surface area contributed by atoms with E-state index in [4.69, 9.17) is 0 Å². The fourth-order valence-electron chi connectivity index (χ4n) is 10.8. The Hall–Kier alpha value is -1.34. The average molecular weight is 519 g/mol. The summed E-state index contributed by atoms with van der Waals surface area (Å²) in [6, 6.07) is 0. The Bertz CT molecular complexity index is 1000. The molecule has 0 aromatic heterocycles. The largest absolute Gasteiger partial charge is 0.388 e. The molecular formula is C35H50O3. The SMILES string of the molecule is C=C1C(O)CC(=C/C=C2\CCCC3(C)C2CCC3C(C)CC#CC(O)C23CC4CC(CC(C4)C2)C3)CC1O. The Morgan fingerprint density at radius 1 is 1.00 bits per heavy atom. The van der Waals surface area contributed by atoms with Crippen LogP contribution in [-0.2, 0) is 0 Å². The second-order valence-electron chi connectivity index (χ2n) is 14.9. The normalized spacial score (nSPS) is 46.4. The quantitative estimate of drug-likeness (QED) is 0.285. The highest BCUT2D eigenvalue weighted by molar-refractivity contribution is 5.30. The van der Waals surface area contributed by atoms with Gasteiger partial charge in [-0.2, -0.15) is 0 Å². The minimum absolute atomic E-state index is 0.102. The molecule has 7 atom stereocenters. The summed E-state index contributed by atoms with van der Waals surface area (Å²) in [6.45, 7) is 8.78. The van der Waals surface area contributed by atoms with E-state index >= 15 is 0 Å². The van der Waals surface area contributed by atoms with Crippen molar-refractivity contribution < 1.29 is 15.3 Å². The van der Waals surface area contributed by atoms with E-state index in [1.54, 1.807) is 5.57 Å². The highest BCUT2D eigenvalue weighted by atomic mass is 16.3. The third kappa shape index (κ3) is 4.78. The molecule has 0 aromatic carbocycles. The number of aliphatic hydroxyl groups is 3. The van der Waals surface area contributed by atoms with Crippen LogP contribution in [0.5, 0.6) is 0 Å². The van der Waals surface area contributed by atoms with Crippen molar-refractivity contribution in [3.8, 4) is 11.8 Å². The molecule has 7 fully saturated rings. The maximum atomic E-state index is 11.3. The van der Waals surface area contributed by atoms with Gasteiger partial charge in [-0.25, -0.2) is 0 Å². The van der Waals surface area contributed by atoms with Crippen LogP contribution in [0.4, 0.5) is 0 Å². The fraction of sp³-hybridized carbons (Fsp3) is 0.771. The lowest BCUT2D eigenvalue weighted by atomic mass is 9.48. The zero-order valence-electron chi connectivity index (χ0n) is 23.8. The Kier molecular flexibility index (Phi) is 7.24. The molecule has 0 radical (unpaired) electrons. The van der Waals surface area contributed by atoms with E-state index in [1.807, 2.05) is 0 Å². The van der Waals surface area contributed by atoms with Crippen LogP contribution in [0.15, 0.2) is 35.5 Å². The van der Waals surface area contributed by atoms with Crippen molar-refractivity contribution in [1.29, 1.82) is 0 Å². The topological polar surface area (TPSA) is 60.7 Å². The first-order valence-electron chi connectivity index (χ1n) is 15.8. The highest BCUT2D eigenvalue weighted by Gasteiger charge is 2.54. The van der Waals surface area contributed by atoms with Crippen molar-refractivity contribution in [2.75, 3.05) is 0 Å². The molecule has 0 aliphatic heterocycles. The molecule has 7 aliphatic carbocycles. The summed E-state index contributed by atoms with van der Waals surface area (Å²) in [7, 11) is 0. The van der Waals surface area contributed by atoms with Gasteiger partial charge in [0.1, 0.15) is 6.10 Å². The van der Waals surface area contributed by atoms with Gasteiger partial charge in [0.2, 0.25) is 0 Å². The van der Waals surface area contributed by atoms with Crippen LogP contribution in [0.2, 0.25) is 0 Å². The Labute approximate surface area is 230 Å². The van der Waals surface area contributed by atoms with Gasteiger partial charge < -0.3 is 15.3 Å². The molecule has 38 heavy (non-hydrogen) atoms. The molecule has 7 saturated carbocycles. The van der Waals surface area contributed by atoms with Crippen molar-refractivity contribution in [2.45, 2.75) is 122 Å². The first-order valence-corrected chi connectivity index (χ1v) is 15.8. The van der Waals surface area contributed by atoms with Crippen molar-refractivity contribution >= 4 is 0 Å². The van der Waals surface area contributed by atoms with Crippen LogP contribution in [0.1, 0.15) is 104 Å². The van der Waals surface area contributed by atoms with Crippen LogP contribution in [0.3, 0.4) is 0 Å². The van der Waals surface area contributed by atoms with E-state index in [-0.39, 0.29) is 5.41 Å². The zero-order valence-corrected chi connectivity index (χ0v) is 23.8. The maximum absolute atomic E-state index is 11.3. The van der Waals surface area contributed by atoms with Crippen LogP contribution < -0.4 is 0 Å². The van der Waals surface area contributed by atoms with Gasteiger partial charge in [0.05, 0.1) is 12.2 Å². The summed E-state index contributed by atoms with van der Waals surface area (Å²) in [6.07, 6.45) is 19.0. The smallest absolute Gasteiger partial charge is 0.120 e. The van der Waals surface area contributed by atoms with Gasteiger partial charge in [-0.1, -0.05) is 49.6 Å².